The third kappa shape index (κ3) is 2.07. The van der Waals surface area contributed by atoms with Gasteiger partial charge in [0, 0.05) is 12.7 Å². The van der Waals surface area contributed by atoms with Crippen LogP contribution in [0.15, 0.2) is 47.1 Å². The van der Waals surface area contributed by atoms with Crippen LogP contribution in [0.1, 0.15) is 12.5 Å². The van der Waals surface area contributed by atoms with Crippen LogP contribution in [-0.2, 0) is 9.57 Å². The SMILES string of the molecule is COC1ON=C(c2ccccc2)C=C1C. The van der Waals surface area contributed by atoms with E-state index in [0.717, 1.165) is 16.8 Å². The van der Waals surface area contributed by atoms with Crippen molar-refractivity contribution in [2.45, 2.75) is 13.2 Å². The first-order valence-electron chi connectivity index (χ1n) is 4.81. The molecule has 0 aliphatic carbocycles. The van der Waals surface area contributed by atoms with E-state index in [1.54, 1.807) is 7.11 Å². The number of nitrogens with zero attached hydrogens (tertiary/aromatic N) is 1. The molecule has 1 unspecified atom stereocenters. The zero-order valence-corrected chi connectivity index (χ0v) is 8.81. The summed E-state index contributed by atoms with van der Waals surface area (Å²) in [7, 11) is 1.60. The minimum Gasteiger partial charge on any atom is -0.358 e. The average Bonchev–Trinajstić information content (AvgIpc) is 2.30. The number of ether oxygens (including phenoxy) is 1. The Labute approximate surface area is 89.0 Å². The van der Waals surface area contributed by atoms with E-state index in [9.17, 15) is 0 Å². The Morgan fingerprint density at radius 3 is 2.60 bits per heavy atom. The number of methoxy groups -OCH3 is 1. The molecule has 0 amide bonds. The molecule has 1 aliphatic rings. The fraction of sp³-hybridized carbons (Fsp3) is 0.250. The summed E-state index contributed by atoms with van der Waals surface area (Å²) >= 11 is 0. The lowest BCUT2D eigenvalue weighted by Crippen LogP contribution is -2.20. The van der Waals surface area contributed by atoms with Crippen LogP contribution in [0.25, 0.3) is 0 Å². The van der Waals surface area contributed by atoms with Gasteiger partial charge in [-0.05, 0) is 18.6 Å². The Hall–Kier alpha value is -1.61. The second-order valence-electron chi connectivity index (χ2n) is 3.40. The predicted molar refractivity (Wildman–Crippen MR) is 58.6 cm³/mol. The maximum absolute atomic E-state index is 5.20. The second-order valence-corrected chi connectivity index (χ2v) is 3.40. The Bertz CT molecular complexity index is 395. The van der Waals surface area contributed by atoms with Gasteiger partial charge in [0.25, 0.3) is 0 Å². The maximum atomic E-state index is 5.20. The van der Waals surface area contributed by atoms with E-state index < -0.39 is 0 Å². The quantitative estimate of drug-likeness (QED) is 0.738. The summed E-state index contributed by atoms with van der Waals surface area (Å²) in [5.74, 6) is 0. The summed E-state index contributed by atoms with van der Waals surface area (Å²) in [6, 6.07) is 9.92. The molecule has 1 atom stereocenters. The Morgan fingerprint density at radius 2 is 2.00 bits per heavy atom. The van der Waals surface area contributed by atoms with Crippen LogP contribution in [0, 0.1) is 0 Å². The molecule has 0 saturated heterocycles. The van der Waals surface area contributed by atoms with Crippen LogP contribution in [-0.4, -0.2) is 19.1 Å². The van der Waals surface area contributed by atoms with Crippen LogP contribution in [0.2, 0.25) is 0 Å². The molecule has 2 rings (SSSR count). The van der Waals surface area contributed by atoms with E-state index in [0.29, 0.717) is 0 Å². The number of allylic oxidation sites excluding steroid dienone is 1. The highest BCUT2D eigenvalue weighted by Gasteiger charge is 2.17. The zero-order chi connectivity index (χ0) is 10.7. The van der Waals surface area contributed by atoms with Crippen LogP contribution in [0.4, 0.5) is 0 Å². The van der Waals surface area contributed by atoms with Crippen molar-refractivity contribution in [2.75, 3.05) is 7.11 Å². The summed E-state index contributed by atoms with van der Waals surface area (Å²) in [6.07, 6.45) is 1.63. The third-order valence-electron chi connectivity index (χ3n) is 2.27. The van der Waals surface area contributed by atoms with Crippen molar-refractivity contribution in [3.05, 3.63) is 47.5 Å². The highest BCUT2D eigenvalue weighted by atomic mass is 16.8. The first-order chi connectivity index (χ1) is 7.31. The van der Waals surface area contributed by atoms with Gasteiger partial charge in [-0.1, -0.05) is 35.5 Å². The first kappa shape index (κ1) is 9.93. The number of oxime groups is 1. The van der Waals surface area contributed by atoms with Gasteiger partial charge >= 0.3 is 0 Å². The predicted octanol–water partition coefficient (Wildman–Crippen LogP) is 2.34. The van der Waals surface area contributed by atoms with Crippen molar-refractivity contribution in [3.63, 3.8) is 0 Å². The number of hydrogen-bond acceptors (Lipinski definition) is 3. The summed E-state index contributed by atoms with van der Waals surface area (Å²) in [5, 5.41) is 4.02. The lowest BCUT2D eigenvalue weighted by atomic mass is 10.1. The number of rotatable bonds is 2. The molecule has 0 spiro atoms. The number of benzene rings is 1. The molecular formula is C12H13NO2. The minimum absolute atomic E-state index is 0.350. The van der Waals surface area contributed by atoms with Crippen LogP contribution >= 0.6 is 0 Å². The van der Waals surface area contributed by atoms with Crippen molar-refractivity contribution in [2.24, 2.45) is 5.16 Å². The van der Waals surface area contributed by atoms with E-state index in [-0.39, 0.29) is 6.29 Å². The maximum Gasteiger partial charge on any atom is 0.248 e. The van der Waals surface area contributed by atoms with E-state index in [1.165, 1.54) is 0 Å². The molecule has 1 aromatic rings. The van der Waals surface area contributed by atoms with E-state index in [2.05, 4.69) is 5.16 Å². The average molecular weight is 203 g/mol. The summed E-state index contributed by atoms with van der Waals surface area (Å²) in [6.45, 7) is 1.96. The lowest BCUT2D eigenvalue weighted by molar-refractivity contribution is -0.0989. The van der Waals surface area contributed by atoms with Crippen molar-refractivity contribution < 1.29 is 9.57 Å². The Kier molecular flexibility index (Phi) is 2.83. The molecule has 0 bridgehead atoms. The molecule has 1 aliphatic heterocycles. The smallest absolute Gasteiger partial charge is 0.248 e. The molecule has 3 heteroatoms. The summed E-state index contributed by atoms with van der Waals surface area (Å²) in [4.78, 5) is 5.20. The summed E-state index contributed by atoms with van der Waals surface area (Å²) in [5.41, 5.74) is 2.90. The molecule has 0 fully saturated rings. The molecule has 15 heavy (non-hydrogen) atoms. The molecule has 78 valence electrons. The van der Waals surface area contributed by atoms with Gasteiger partial charge in [-0.2, -0.15) is 0 Å². The number of hydrogen-bond donors (Lipinski definition) is 0. The molecule has 1 aromatic carbocycles. The Balaban J connectivity index is 2.25. The van der Waals surface area contributed by atoms with Gasteiger partial charge < -0.3 is 9.57 Å². The molecule has 0 saturated carbocycles. The molecule has 1 heterocycles. The highest BCUT2D eigenvalue weighted by Crippen LogP contribution is 2.16. The van der Waals surface area contributed by atoms with Crippen molar-refractivity contribution in [1.82, 2.24) is 0 Å². The second kappa shape index (κ2) is 4.28. The fourth-order valence-corrected chi connectivity index (χ4v) is 1.47. The van der Waals surface area contributed by atoms with Crippen molar-refractivity contribution >= 4 is 5.71 Å². The normalized spacial score (nSPS) is 20.3. The first-order valence-corrected chi connectivity index (χ1v) is 4.81. The third-order valence-corrected chi connectivity index (χ3v) is 2.27. The molecule has 3 nitrogen and oxygen atoms in total. The van der Waals surface area contributed by atoms with Gasteiger partial charge in [0.2, 0.25) is 6.29 Å². The van der Waals surface area contributed by atoms with E-state index >= 15 is 0 Å². The van der Waals surface area contributed by atoms with Crippen molar-refractivity contribution in [3.8, 4) is 0 Å². The van der Waals surface area contributed by atoms with E-state index in [4.69, 9.17) is 9.57 Å². The molecule has 0 N–H and O–H groups in total. The minimum atomic E-state index is -0.350. The zero-order valence-electron chi connectivity index (χ0n) is 8.81. The van der Waals surface area contributed by atoms with Crippen LogP contribution in [0.5, 0.6) is 0 Å². The summed E-state index contributed by atoms with van der Waals surface area (Å²) < 4.78 is 5.09. The molecule has 0 aromatic heterocycles. The molecule has 0 radical (unpaired) electrons. The van der Waals surface area contributed by atoms with Crippen molar-refractivity contribution in [1.29, 1.82) is 0 Å². The van der Waals surface area contributed by atoms with Gasteiger partial charge in [-0.15, -0.1) is 0 Å². The van der Waals surface area contributed by atoms with Gasteiger partial charge in [0.15, 0.2) is 0 Å². The lowest BCUT2D eigenvalue weighted by Gasteiger charge is -2.18. The van der Waals surface area contributed by atoms with Crippen LogP contribution in [0.3, 0.4) is 0 Å². The Morgan fingerprint density at radius 1 is 1.27 bits per heavy atom. The molecular weight excluding hydrogens is 190 g/mol. The topological polar surface area (TPSA) is 30.8 Å². The monoisotopic (exact) mass is 203 g/mol. The van der Waals surface area contributed by atoms with Gasteiger partial charge in [0.1, 0.15) is 5.71 Å². The van der Waals surface area contributed by atoms with Gasteiger partial charge in [-0.25, -0.2) is 0 Å². The van der Waals surface area contributed by atoms with Gasteiger partial charge in [0.05, 0.1) is 0 Å². The highest BCUT2D eigenvalue weighted by molar-refractivity contribution is 6.09. The standard InChI is InChI=1S/C12H13NO2/c1-9-8-11(13-15-12(9)14-2)10-6-4-3-5-7-10/h3-8,12H,1-2H3. The fourth-order valence-electron chi connectivity index (χ4n) is 1.47. The van der Waals surface area contributed by atoms with E-state index in [1.807, 2.05) is 43.3 Å². The van der Waals surface area contributed by atoms with Gasteiger partial charge in [-0.3, -0.25) is 0 Å². The van der Waals surface area contributed by atoms with Crippen LogP contribution < -0.4 is 0 Å². The largest absolute Gasteiger partial charge is 0.358 e.